The van der Waals surface area contributed by atoms with Gasteiger partial charge in [0, 0.05) is 13.0 Å². The van der Waals surface area contributed by atoms with E-state index in [4.69, 9.17) is 10.5 Å². The van der Waals surface area contributed by atoms with Crippen LogP contribution in [0.2, 0.25) is 0 Å². The highest BCUT2D eigenvalue weighted by Crippen LogP contribution is 2.43. The van der Waals surface area contributed by atoms with Crippen LogP contribution in [0.25, 0.3) is 0 Å². The first-order valence-corrected chi connectivity index (χ1v) is 7.21. The van der Waals surface area contributed by atoms with E-state index in [0.29, 0.717) is 19.6 Å². The van der Waals surface area contributed by atoms with Crippen LogP contribution in [0.15, 0.2) is 0 Å². The Morgan fingerprint density at radius 1 is 1.50 bits per heavy atom. The summed E-state index contributed by atoms with van der Waals surface area (Å²) < 4.78 is 5.64. The Morgan fingerprint density at radius 2 is 2.22 bits per heavy atom. The number of amides is 1. The van der Waals surface area contributed by atoms with Gasteiger partial charge in [0.15, 0.2) is 0 Å². The third kappa shape index (κ3) is 2.69. The molecular formula is C14H26N2O2. The molecule has 1 aliphatic carbocycles. The lowest BCUT2D eigenvalue weighted by Gasteiger charge is -2.44. The Kier molecular flexibility index (Phi) is 4.28. The van der Waals surface area contributed by atoms with Gasteiger partial charge in [0.25, 0.3) is 0 Å². The summed E-state index contributed by atoms with van der Waals surface area (Å²) in [5.41, 5.74) is 5.95. The van der Waals surface area contributed by atoms with Gasteiger partial charge in [0.05, 0.1) is 18.8 Å². The minimum atomic E-state index is 0.108. The monoisotopic (exact) mass is 254 g/mol. The number of hydrogen-bond acceptors (Lipinski definition) is 3. The lowest BCUT2D eigenvalue weighted by Crippen LogP contribution is -2.53. The van der Waals surface area contributed by atoms with Gasteiger partial charge in [-0.25, -0.2) is 0 Å². The van der Waals surface area contributed by atoms with E-state index in [0.717, 1.165) is 25.8 Å². The Labute approximate surface area is 110 Å². The van der Waals surface area contributed by atoms with Crippen molar-refractivity contribution < 1.29 is 9.53 Å². The molecule has 4 heteroatoms. The summed E-state index contributed by atoms with van der Waals surface area (Å²) in [6, 6.07) is 0.253. The van der Waals surface area contributed by atoms with Crippen molar-refractivity contribution in [2.24, 2.45) is 11.1 Å². The molecule has 18 heavy (non-hydrogen) atoms. The van der Waals surface area contributed by atoms with E-state index in [1.165, 1.54) is 6.42 Å². The largest absolute Gasteiger partial charge is 0.375 e. The van der Waals surface area contributed by atoms with E-state index in [9.17, 15) is 4.79 Å². The summed E-state index contributed by atoms with van der Waals surface area (Å²) in [6.45, 7) is 6.22. The number of morpholine rings is 1. The fourth-order valence-corrected chi connectivity index (χ4v) is 3.04. The number of hydrogen-bond donors (Lipinski definition) is 1. The topological polar surface area (TPSA) is 55.6 Å². The summed E-state index contributed by atoms with van der Waals surface area (Å²) in [4.78, 5) is 14.5. The lowest BCUT2D eigenvalue weighted by molar-refractivity contribution is -0.148. The first-order valence-electron chi connectivity index (χ1n) is 7.21. The molecule has 2 atom stereocenters. The van der Waals surface area contributed by atoms with Crippen LogP contribution in [-0.2, 0) is 9.53 Å². The molecule has 0 radical (unpaired) electrons. The number of nitrogens with two attached hydrogens (primary N) is 1. The third-order valence-electron chi connectivity index (χ3n) is 4.63. The summed E-state index contributed by atoms with van der Waals surface area (Å²) in [5, 5.41) is 0. The second-order valence-corrected chi connectivity index (χ2v) is 5.99. The summed E-state index contributed by atoms with van der Waals surface area (Å²) in [6.07, 6.45) is 5.21. The fraction of sp³-hybridized carbons (Fsp3) is 0.929. The van der Waals surface area contributed by atoms with Crippen LogP contribution in [0.1, 0.15) is 46.0 Å². The van der Waals surface area contributed by atoms with Crippen molar-refractivity contribution in [2.45, 2.75) is 58.1 Å². The predicted molar refractivity (Wildman–Crippen MR) is 71.2 cm³/mol. The summed E-state index contributed by atoms with van der Waals surface area (Å²) >= 11 is 0. The van der Waals surface area contributed by atoms with Crippen molar-refractivity contribution in [3.63, 3.8) is 0 Å². The maximum atomic E-state index is 12.5. The highest BCUT2D eigenvalue weighted by atomic mass is 16.5. The summed E-state index contributed by atoms with van der Waals surface area (Å²) in [7, 11) is 0. The van der Waals surface area contributed by atoms with Crippen LogP contribution < -0.4 is 5.73 Å². The van der Waals surface area contributed by atoms with Gasteiger partial charge in [-0.3, -0.25) is 4.79 Å². The van der Waals surface area contributed by atoms with Crippen molar-refractivity contribution in [3.05, 3.63) is 0 Å². The number of nitrogens with zero attached hydrogens (tertiary/aromatic N) is 1. The molecule has 104 valence electrons. The average Bonchev–Trinajstić information content (AvgIpc) is 2.33. The van der Waals surface area contributed by atoms with Gasteiger partial charge >= 0.3 is 0 Å². The number of carbonyl (C=O) groups is 1. The van der Waals surface area contributed by atoms with Gasteiger partial charge in [-0.15, -0.1) is 0 Å². The number of ether oxygens (including phenoxy) is 1. The highest BCUT2D eigenvalue weighted by molar-refractivity contribution is 5.77. The molecule has 1 amide bonds. The second kappa shape index (κ2) is 5.57. The lowest BCUT2D eigenvalue weighted by atomic mass is 9.66. The molecular weight excluding hydrogens is 228 g/mol. The molecule has 2 rings (SSSR count). The molecule has 4 nitrogen and oxygen atoms in total. The molecule has 2 N–H and O–H groups in total. The molecule has 0 aromatic rings. The van der Waals surface area contributed by atoms with Gasteiger partial charge in [-0.2, -0.15) is 0 Å². The first-order chi connectivity index (χ1) is 8.60. The van der Waals surface area contributed by atoms with Crippen molar-refractivity contribution in [1.29, 1.82) is 0 Å². The molecule has 1 saturated heterocycles. The van der Waals surface area contributed by atoms with E-state index >= 15 is 0 Å². The Balaban J connectivity index is 1.97. The maximum absolute atomic E-state index is 12.5. The molecule has 0 aromatic carbocycles. The van der Waals surface area contributed by atoms with Gasteiger partial charge in [0.1, 0.15) is 0 Å². The van der Waals surface area contributed by atoms with Crippen molar-refractivity contribution in [1.82, 2.24) is 4.90 Å². The SMILES string of the molecule is CCC1COC(C)CN1C(=O)CC1(CN)CCC1. The van der Waals surface area contributed by atoms with E-state index in [1.54, 1.807) is 0 Å². The van der Waals surface area contributed by atoms with E-state index in [-0.39, 0.29) is 23.5 Å². The molecule has 1 saturated carbocycles. The Hall–Kier alpha value is -0.610. The maximum Gasteiger partial charge on any atom is 0.223 e. The highest BCUT2D eigenvalue weighted by Gasteiger charge is 2.40. The normalized spacial score (nSPS) is 30.9. The Bertz CT molecular complexity index is 297. The van der Waals surface area contributed by atoms with Gasteiger partial charge in [-0.1, -0.05) is 13.3 Å². The van der Waals surface area contributed by atoms with Crippen LogP contribution in [0.5, 0.6) is 0 Å². The quantitative estimate of drug-likeness (QED) is 0.828. The molecule has 2 unspecified atom stereocenters. The molecule has 1 heterocycles. The summed E-state index contributed by atoms with van der Waals surface area (Å²) in [5.74, 6) is 0.280. The van der Waals surface area contributed by atoms with Crippen molar-refractivity contribution in [2.75, 3.05) is 19.7 Å². The molecule has 2 aliphatic rings. The van der Waals surface area contributed by atoms with Crippen molar-refractivity contribution >= 4 is 5.91 Å². The predicted octanol–water partition coefficient (Wildman–Crippen LogP) is 1.53. The zero-order valence-electron chi connectivity index (χ0n) is 11.7. The standard InChI is InChI=1S/C14H26N2O2/c1-3-12-9-18-11(2)8-16(12)13(17)7-14(10-15)5-4-6-14/h11-12H,3-10,15H2,1-2H3. The fourth-order valence-electron chi connectivity index (χ4n) is 3.04. The molecule has 1 aliphatic heterocycles. The molecule has 0 spiro atoms. The van der Waals surface area contributed by atoms with Crippen LogP contribution in [0, 0.1) is 5.41 Å². The number of carbonyl (C=O) groups excluding carboxylic acids is 1. The van der Waals surface area contributed by atoms with Crippen LogP contribution in [-0.4, -0.2) is 42.6 Å². The molecule has 0 bridgehead atoms. The molecule has 0 aromatic heterocycles. The number of rotatable bonds is 4. The smallest absolute Gasteiger partial charge is 0.223 e. The van der Waals surface area contributed by atoms with Crippen LogP contribution in [0.4, 0.5) is 0 Å². The van der Waals surface area contributed by atoms with Crippen LogP contribution >= 0.6 is 0 Å². The van der Waals surface area contributed by atoms with Gasteiger partial charge in [-0.05, 0) is 38.1 Å². The average molecular weight is 254 g/mol. The zero-order chi connectivity index (χ0) is 13.2. The van der Waals surface area contributed by atoms with Gasteiger partial charge in [0.2, 0.25) is 5.91 Å². The van der Waals surface area contributed by atoms with Crippen LogP contribution in [0.3, 0.4) is 0 Å². The van der Waals surface area contributed by atoms with Crippen molar-refractivity contribution in [3.8, 4) is 0 Å². The van der Waals surface area contributed by atoms with Gasteiger partial charge < -0.3 is 15.4 Å². The second-order valence-electron chi connectivity index (χ2n) is 5.99. The zero-order valence-corrected chi connectivity index (χ0v) is 11.7. The van der Waals surface area contributed by atoms with E-state index in [1.807, 2.05) is 11.8 Å². The third-order valence-corrected chi connectivity index (χ3v) is 4.63. The molecule has 2 fully saturated rings. The van der Waals surface area contributed by atoms with E-state index < -0.39 is 0 Å². The Morgan fingerprint density at radius 3 is 2.72 bits per heavy atom. The minimum absolute atomic E-state index is 0.108. The first kappa shape index (κ1) is 13.8. The van der Waals surface area contributed by atoms with E-state index in [2.05, 4.69) is 6.92 Å². The minimum Gasteiger partial charge on any atom is -0.375 e.